The van der Waals surface area contributed by atoms with Crippen molar-refractivity contribution in [2.75, 3.05) is 0 Å². The minimum Gasteiger partial charge on any atom is -0.488 e. The lowest BCUT2D eigenvalue weighted by Crippen LogP contribution is -2.46. The number of carbonyl (C=O) groups excluding carboxylic acids is 1. The van der Waals surface area contributed by atoms with Crippen LogP contribution in [0.5, 0.6) is 5.75 Å². The summed E-state index contributed by atoms with van der Waals surface area (Å²) in [7, 11) is 0. The standard InChI is InChI=1S/C24H28FNO2/c1-24(2,3)28-22-6-4-5-17(15-22)23(27)26-20-11-12-21(26)14-18(13-20)16-7-9-19(25)10-8-16/h4-10,15,18,20-21H,11-14H2,1-3H3/t18?,20-,21+. The highest BCUT2D eigenvalue weighted by atomic mass is 19.1. The summed E-state index contributed by atoms with van der Waals surface area (Å²) in [6.45, 7) is 6.01. The van der Waals surface area contributed by atoms with Gasteiger partial charge in [-0.1, -0.05) is 18.2 Å². The molecule has 2 heterocycles. The molecule has 0 saturated carbocycles. The van der Waals surface area contributed by atoms with Crippen LogP contribution in [0.2, 0.25) is 0 Å². The topological polar surface area (TPSA) is 29.5 Å². The molecule has 0 radical (unpaired) electrons. The van der Waals surface area contributed by atoms with Crippen molar-refractivity contribution in [3.05, 3.63) is 65.5 Å². The van der Waals surface area contributed by atoms with E-state index in [0.717, 1.165) is 31.4 Å². The monoisotopic (exact) mass is 381 g/mol. The Kier molecular flexibility index (Phi) is 4.90. The molecule has 0 aromatic heterocycles. The second kappa shape index (κ2) is 7.23. The van der Waals surface area contributed by atoms with Crippen molar-refractivity contribution in [3.63, 3.8) is 0 Å². The second-order valence-electron chi connectivity index (χ2n) is 9.06. The Morgan fingerprint density at radius 3 is 2.29 bits per heavy atom. The molecule has 2 saturated heterocycles. The van der Waals surface area contributed by atoms with Gasteiger partial charge in [-0.05, 0) is 88.3 Å². The van der Waals surface area contributed by atoms with Gasteiger partial charge >= 0.3 is 0 Å². The first kappa shape index (κ1) is 19.0. The summed E-state index contributed by atoms with van der Waals surface area (Å²) in [5, 5.41) is 0. The van der Waals surface area contributed by atoms with Gasteiger partial charge in [-0.25, -0.2) is 4.39 Å². The van der Waals surface area contributed by atoms with Crippen LogP contribution in [0.15, 0.2) is 48.5 Å². The Morgan fingerprint density at radius 1 is 1.04 bits per heavy atom. The fourth-order valence-electron chi connectivity index (χ4n) is 4.71. The zero-order chi connectivity index (χ0) is 19.9. The summed E-state index contributed by atoms with van der Waals surface area (Å²) in [6, 6.07) is 14.9. The van der Waals surface area contributed by atoms with E-state index in [9.17, 15) is 9.18 Å². The average molecular weight is 381 g/mol. The smallest absolute Gasteiger partial charge is 0.254 e. The second-order valence-corrected chi connectivity index (χ2v) is 9.06. The van der Waals surface area contributed by atoms with E-state index >= 15 is 0 Å². The van der Waals surface area contributed by atoms with Crippen LogP contribution in [0.4, 0.5) is 4.39 Å². The van der Waals surface area contributed by atoms with Crippen LogP contribution in [0.3, 0.4) is 0 Å². The number of carbonyl (C=O) groups is 1. The average Bonchev–Trinajstić information content (AvgIpc) is 2.90. The van der Waals surface area contributed by atoms with E-state index in [2.05, 4.69) is 4.90 Å². The minimum atomic E-state index is -0.297. The molecule has 2 aliphatic rings. The molecule has 3 nitrogen and oxygen atoms in total. The van der Waals surface area contributed by atoms with Crippen molar-refractivity contribution in [3.8, 4) is 5.75 Å². The van der Waals surface area contributed by atoms with Gasteiger partial charge in [-0.2, -0.15) is 0 Å². The van der Waals surface area contributed by atoms with Crippen LogP contribution in [-0.2, 0) is 0 Å². The highest BCUT2D eigenvalue weighted by Gasteiger charge is 2.43. The number of amides is 1. The van der Waals surface area contributed by atoms with Crippen molar-refractivity contribution in [2.24, 2.45) is 0 Å². The van der Waals surface area contributed by atoms with Gasteiger partial charge in [0.05, 0.1) is 0 Å². The minimum absolute atomic E-state index is 0.101. The molecule has 2 aliphatic heterocycles. The van der Waals surface area contributed by atoms with Crippen molar-refractivity contribution in [1.82, 2.24) is 4.90 Å². The maximum atomic E-state index is 13.3. The Bertz CT molecular complexity index is 842. The van der Waals surface area contributed by atoms with Crippen molar-refractivity contribution in [1.29, 1.82) is 0 Å². The highest BCUT2D eigenvalue weighted by Crippen LogP contribution is 2.43. The first-order valence-electron chi connectivity index (χ1n) is 10.2. The SMILES string of the molecule is CC(C)(C)Oc1cccc(C(=O)N2[C@@H]3CC[C@H]2CC(c2ccc(F)cc2)C3)c1. The molecule has 0 spiro atoms. The third kappa shape index (κ3) is 3.91. The number of hydrogen-bond acceptors (Lipinski definition) is 2. The number of rotatable bonds is 3. The molecule has 2 fully saturated rings. The van der Waals surface area contributed by atoms with Gasteiger partial charge in [-0.3, -0.25) is 4.79 Å². The fourth-order valence-corrected chi connectivity index (χ4v) is 4.71. The molecule has 1 unspecified atom stereocenters. The summed E-state index contributed by atoms with van der Waals surface area (Å²) in [6.07, 6.45) is 4.00. The fraction of sp³-hybridized carbons (Fsp3) is 0.458. The molecule has 28 heavy (non-hydrogen) atoms. The van der Waals surface area contributed by atoms with E-state index in [4.69, 9.17) is 4.74 Å². The molecule has 3 atom stereocenters. The number of benzene rings is 2. The molecule has 4 heteroatoms. The molecule has 4 rings (SSSR count). The maximum Gasteiger partial charge on any atom is 0.254 e. The molecule has 2 bridgehead atoms. The first-order valence-corrected chi connectivity index (χ1v) is 10.2. The van der Waals surface area contributed by atoms with Crippen LogP contribution in [0.25, 0.3) is 0 Å². The van der Waals surface area contributed by atoms with E-state index in [1.807, 2.05) is 57.2 Å². The Morgan fingerprint density at radius 2 is 1.68 bits per heavy atom. The number of fused-ring (bicyclic) bond motifs is 2. The molecule has 2 aromatic carbocycles. The van der Waals surface area contributed by atoms with Crippen molar-refractivity contribution in [2.45, 2.75) is 70.1 Å². The Labute approximate surface area is 166 Å². The normalized spacial score (nSPS) is 24.3. The van der Waals surface area contributed by atoms with E-state index in [0.29, 0.717) is 11.5 Å². The van der Waals surface area contributed by atoms with Crippen LogP contribution >= 0.6 is 0 Å². The van der Waals surface area contributed by atoms with Crippen LogP contribution in [0, 0.1) is 5.82 Å². The van der Waals surface area contributed by atoms with Gasteiger partial charge in [-0.15, -0.1) is 0 Å². The summed E-state index contributed by atoms with van der Waals surface area (Å²) >= 11 is 0. The number of piperidine rings is 1. The third-order valence-corrected chi connectivity index (χ3v) is 5.81. The quantitative estimate of drug-likeness (QED) is 0.697. The molecule has 2 aromatic rings. The van der Waals surface area contributed by atoms with Gasteiger partial charge in [0, 0.05) is 17.6 Å². The van der Waals surface area contributed by atoms with E-state index in [1.165, 1.54) is 17.7 Å². The van der Waals surface area contributed by atoms with Gasteiger partial charge in [0.1, 0.15) is 17.2 Å². The van der Waals surface area contributed by atoms with Crippen LogP contribution in [-0.4, -0.2) is 28.5 Å². The predicted molar refractivity (Wildman–Crippen MR) is 108 cm³/mol. The number of ether oxygens (including phenoxy) is 1. The molecule has 0 aliphatic carbocycles. The third-order valence-electron chi connectivity index (χ3n) is 5.81. The largest absolute Gasteiger partial charge is 0.488 e. The van der Waals surface area contributed by atoms with Crippen molar-refractivity contribution < 1.29 is 13.9 Å². The van der Waals surface area contributed by atoms with Gasteiger partial charge in [0.25, 0.3) is 5.91 Å². The summed E-state index contributed by atoms with van der Waals surface area (Å²) in [4.78, 5) is 15.4. The Balaban J connectivity index is 1.51. The molecule has 0 N–H and O–H groups in total. The lowest BCUT2D eigenvalue weighted by molar-refractivity contribution is 0.0569. The molecule has 1 amide bonds. The molecular formula is C24H28FNO2. The lowest BCUT2D eigenvalue weighted by Gasteiger charge is -2.39. The summed E-state index contributed by atoms with van der Waals surface area (Å²) < 4.78 is 19.2. The summed E-state index contributed by atoms with van der Waals surface area (Å²) in [5.74, 6) is 1.03. The molecular weight excluding hydrogens is 353 g/mol. The highest BCUT2D eigenvalue weighted by molar-refractivity contribution is 5.95. The van der Waals surface area contributed by atoms with Gasteiger partial charge < -0.3 is 9.64 Å². The van der Waals surface area contributed by atoms with Gasteiger partial charge in [0.2, 0.25) is 0 Å². The Hall–Kier alpha value is -2.36. The van der Waals surface area contributed by atoms with Gasteiger partial charge in [0.15, 0.2) is 0 Å². The van der Waals surface area contributed by atoms with Crippen molar-refractivity contribution >= 4 is 5.91 Å². The number of nitrogens with zero attached hydrogens (tertiary/aromatic N) is 1. The predicted octanol–water partition coefficient (Wildman–Crippen LogP) is 5.55. The zero-order valence-corrected chi connectivity index (χ0v) is 16.8. The van der Waals surface area contributed by atoms with Crippen LogP contribution < -0.4 is 4.74 Å². The number of halogens is 1. The number of hydrogen-bond donors (Lipinski definition) is 0. The zero-order valence-electron chi connectivity index (χ0n) is 16.8. The summed E-state index contributed by atoms with van der Waals surface area (Å²) in [5.41, 5.74) is 1.58. The van der Waals surface area contributed by atoms with E-state index in [1.54, 1.807) is 0 Å². The lowest BCUT2D eigenvalue weighted by atomic mass is 9.85. The maximum absolute atomic E-state index is 13.3. The van der Waals surface area contributed by atoms with Crippen LogP contribution in [0.1, 0.15) is 68.3 Å². The first-order chi connectivity index (χ1) is 13.3. The van der Waals surface area contributed by atoms with E-state index < -0.39 is 0 Å². The molecule has 148 valence electrons. The van der Waals surface area contributed by atoms with E-state index in [-0.39, 0.29) is 29.4 Å².